The molecule has 2 heterocycles. The van der Waals surface area contributed by atoms with Crippen molar-refractivity contribution in [2.75, 3.05) is 18.5 Å². The van der Waals surface area contributed by atoms with Crippen molar-refractivity contribution in [1.82, 2.24) is 0 Å². The third-order valence-corrected chi connectivity index (χ3v) is 8.50. The van der Waals surface area contributed by atoms with E-state index >= 15 is 0 Å². The Morgan fingerprint density at radius 3 is 2.64 bits per heavy atom. The number of sulfone groups is 1. The van der Waals surface area contributed by atoms with E-state index in [2.05, 4.69) is 5.32 Å². The molecule has 0 fully saturated rings. The van der Waals surface area contributed by atoms with Crippen LogP contribution < -0.4 is 14.8 Å². The third-order valence-electron chi connectivity index (χ3n) is 5.48. The molecule has 174 valence electrons. The Morgan fingerprint density at radius 2 is 1.91 bits per heavy atom. The molecule has 4 rings (SSSR count). The zero-order valence-electron chi connectivity index (χ0n) is 18.9. The molecule has 1 N–H and O–H groups in total. The van der Waals surface area contributed by atoms with Gasteiger partial charge in [0.15, 0.2) is 11.5 Å². The van der Waals surface area contributed by atoms with E-state index in [9.17, 15) is 13.2 Å². The lowest BCUT2D eigenvalue weighted by Gasteiger charge is -2.24. The average Bonchev–Trinajstić information content (AvgIpc) is 3.22. The first-order valence-corrected chi connectivity index (χ1v) is 13.3. The second kappa shape index (κ2) is 9.57. The molecular formula is C25H27NO5S2. The monoisotopic (exact) mass is 485 g/mol. The summed E-state index contributed by atoms with van der Waals surface area (Å²) in [6.07, 6.45) is 1.12. The number of hydrogen-bond acceptors (Lipinski definition) is 6. The smallest absolute Gasteiger partial charge is 0.225 e. The van der Waals surface area contributed by atoms with Gasteiger partial charge >= 0.3 is 0 Å². The number of rotatable bonds is 8. The number of aryl methyl sites for hydroxylation is 1. The summed E-state index contributed by atoms with van der Waals surface area (Å²) in [5.74, 6) is 0.812. The molecule has 3 aromatic rings. The molecule has 0 bridgehead atoms. The maximum atomic E-state index is 13.4. The molecule has 0 saturated heterocycles. The van der Waals surface area contributed by atoms with Crippen LogP contribution in [-0.4, -0.2) is 27.5 Å². The van der Waals surface area contributed by atoms with Crippen molar-refractivity contribution in [2.24, 2.45) is 0 Å². The van der Waals surface area contributed by atoms with Crippen LogP contribution in [-0.2, 0) is 14.6 Å². The number of carbonyl (C=O) groups excluding carboxylic acids is 1. The van der Waals surface area contributed by atoms with E-state index in [1.54, 1.807) is 23.6 Å². The number of ether oxygens (including phenoxy) is 2. The summed E-state index contributed by atoms with van der Waals surface area (Å²) in [4.78, 5) is 13.8. The highest BCUT2D eigenvalue weighted by Gasteiger charge is 2.34. The lowest BCUT2D eigenvalue weighted by Crippen LogP contribution is -2.23. The highest BCUT2D eigenvalue weighted by Crippen LogP contribution is 2.47. The predicted molar refractivity (Wildman–Crippen MR) is 129 cm³/mol. The molecule has 1 amide bonds. The van der Waals surface area contributed by atoms with Crippen LogP contribution in [0.3, 0.4) is 0 Å². The molecule has 0 radical (unpaired) electrons. The van der Waals surface area contributed by atoms with Crippen molar-refractivity contribution in [3.05, 3.63) is 63.8 Å². The maximum absolute atomic E-state index is 13.4. The van der Waals surface area contributed by atoms with Crippen LogP contribution in [0.4, 0.5) is 5.69 Å². The summed E-state index contributed by atoms with van der Waals surface area (Å²) in [6, 6.07) is 12.5. The minimum atomic E-state index is -3.77. The van der Waals surface area contributed by atoms with Gasteiger partial charge in [0.25, 0.3) is 0 Å². The van der Waals surface area contributed by atoms with Gasteiger partial charge in [-0.3, -0.25) is 4.79 Å². The van der Waals surface area contributed by atoms with Gasteiger partial charge in [0.1, 0.15) is 4.90 Å². The van der Waals surface area contributed by atoms with E-state index in [0.717, 1.165) is 22.4 Å². The molecular weight excluding hydrogens is 458 g/mol. The SMILES string of the molecule is CCCOc1ccc([C@@H]2CC(=O)Nc3c(S(=O)(=O)c4cccc(C)c4)csc32)cc1OCC. The van der Waals surface area contributed by atoms with Crippen LogP contribution in [0.1, 0.15) is 48.6 Å². The van der Waals surface area contributed by atoms with Crippen LogP contribution in [0.15, 0.2) is 57.6 Å². The first-order chi connectivity index (χ1) is 15.8. The van der Waals surface area contributed by atoms with Gasteiger partial charge in [0.05, 0.1) is 23.8 Å². The fourth-order valence-electron chi connectivity index (χ4n) is 3.92. The number of anilines is 1. The normalized spacial score (nSPS) is 15.6. The lowest BCUT2D eigenvalue weighted by atomic mass is 9.90. The zero-order chi connectivity index (χ0) is 23.6. The largest absolute Gasteiger partial charge is 0.490 e. The van der Waals surface area contributed by atoms with E-state index in [-0.39, 0.29) is 28.0 Å². The van der Waals surface area contributed by atoms with Crippen LogP contribution >= 0.6 is 11.3 Å². The molecule has 6 nitrogen and oxygen atoms in total. The fourth-order valence-corrected chi connectivity index (χ4v) is 6.93. The van der Waals surface area contributed by atoms with Crippen molar-refractivity contribution in [3.63, 3.8) is 0 Å². The van der Waals surface area contributed by atoms with E-state index in [1.165, 1.54) is 11.3 Å². The molecule has 0 unspecified atom stereocenters. The van der Waals surface area contributed by atoms with E-state index in [1.807, 2.05) is 45.0 Å². The quantitative estimate of drug-likeness (QED) is 0.452. The van der Waals surface area contributed by atoms with E-state index in [4.69, 9.17) is 9.47 Å². The molecule has 0 aliphatic carbocycles. The van der Waals surface area contributed by atoms with Gasteiger partial charge < -0.3 is 14.8 Å². The van der Waals surface area contributed by atoms with E-state index < -0.39 is 9.84 Å². The van der Waals surface area contributed by atoms with Gasteiger partial charge in [0.2, 0.25) is 15.7 Å². The van der Waals surface area contributed by atoms with Gasteiger partial charge in [-0.2, -0.15) is 0 Å². The van der Waals surface area contributed by atoms with Gasteiger partial charge in [-0.1, -0.05) is 25.1 Å². The molecule has 0 spiro atoms. The number of thiophene rings is 1. The van der Waals surface area contributed by atoms with Gasteiger partial charge in [-0.25, -0.2) is 8.42 Å². The van der Waals surface area contributed by atoms with Crippen LogP contribution in [0.2, 0.25) is 0 Å². The molecule has 1 aliphatic heterocycles. The third kappa shape index (κ3) is 4.63. The minimum absolute atomic E-state index is 0.138. The number of hydrogen-bond donors (Lipinski definition) is 1. The minimum Gasteiger partial charge on any atom is -0.490 e. The van der Waals surface area contributed by atoms with Crippen LogP contribution in [0, 0.1) is 6.92 Å². The first kappa shape index (κ1) is 23.3. The predicted octanol–water partition coefficient (Wildman–Crippen LogP) is 5.55. The highest BCUT2D eigenvalue weighted by atomic mass is 32.2. The molecule has 1 aliphatic rings. The molecule has 8 heteroatoms. The summed E-state index contributed by atoms with van der Waals surface area (Å²) >= 11 is 1.35. The Balaban J connectivity index is 1.76. The number of carbonyl (C=O) groups is 1. The van der Waals surface area contributed by atoms with Gasteiger partial charge in [-0.15, -0.1) is 11.3 Å². The zero-order valence-corrected chi connectivity index (χ0v) is 20.5. The summed E-state index contributed by atoms with van der Waals surface area (Å²) in [5, 5.41) is 4.44. The second-order valence-electron chi connectivity index (χ2n) is 7.95. The molecule has 33 heavy (non-hydrogen) atoms. The standard InChI is InChI=1S/C25H27NO5S2/c1-4-11-31-20-10-9-17(13-21(20)30-5-2)19-14-23(27)26-24-22(15-32-25(19)24)33(28,29)18-8-6-7-16(3)12-18/h6-10,12-13,15,19H,4-5,11,14H2,1-3H3,(H,26,27)/t19-/m0/s1. The lowest BCUT2D eigenvalue weighted by molar-refractivity contribution is -0.116. The van der Waals surface area contributed by atoms with Crippen molar-refractivity contribution >= 4 is 32.8 Å². The van der Waals surface area contributed by atoms with Gasteiger partial charge in [0, 0.05) is 22.6 Å². The Kier molecular flexibility index (Phi) is 6.76. The average molecular weight is 486 g/mol. The van der Waals surface area contributed by atoms with Crippen molar-refractivity contribution in [1.29, 1.82) is 0 Å². The molecule has 1 atom stereocenters. The number of amides is 1. The topological polar surface area (TPSA) is 81.7 Å². The summed E-state index contributed by atoms with van der Waals surface area (Å²) in [6.45, 7) is 6.87. The summed E-state index contributed by atoms with van der Waals surface area (Å²) in [7, 11) is -3.77. The molecule has 0 saturated carbocycles. The van der Waals surface area contributed by atoms with E-state index in [0.29, 0.717) is 30.4 Å². The molecule has 2 aromatic carbocycles. The summed E-state index contributed by atoms with van der Waals surface area (Å²) in [5.41, 5.74) is 2.13. The highest BCUT2D eigenvalue weighted by molar-refractivity contribution is 7.91. The van der Waals surface area contributed by atoms with Crippen molar-refractivity contribution in [3.8, 4) is 11.5 Å². The Labute approximate surface area is 198 Å². The fraction of sp³-hybridized carbons (Fsp3) is 0.320. The number of benzene rings is 2. The van der Waals surface area contributed by atoms with Crippen molar-refractivity contribution in [2.45, 2.75) is 49.3 Å². The first-order valence-electron chi connectivity index (χ1n) is 11.0. The van der Waals surface area contributed by atoms with Crippen LogP contribution in [0.25, 0.3) is 0 Å². The Morgan fingerprint density at radius 1 is 1.09 bits per heavy atom. The number of nitrogens with one attached hydrogen (secondary N) is 1. The Hall–Kier alpha value is -2.84. The molecule has 1 aromatic heterocycles. The van der Waals surface area contributed by atoms with Crippen LogP contribution in [0.5, 0.6) is 11.5 Å². The second-order valence-corrected chi connectivity index (χ2v) is 10.8. The number of fused-ring (bicyclic) bond motifs is 1. The van der Waals surface area contributed by atoms with Gasteiger partial charge in [-0.05, 0) is 55.7 Å². The van der Waals surface area contributed by atoms with Crippen molar-refractivity contribution < 1.29 is 22.7 Å². The Bertz CT molecular complexity index is 1280. The maximum Gasteiger partial charge on any atom is 0.225 e. The summed E-state index contributed by atoms with van der Waals surface area (Å²) < 4.78 is 38.3.